The Morgan fingerprint density at radius 3 is 2.26 bits per heavy atom. The van der Waals surface area contributed by atoms with Crippen LogP contribution in [0.5, 0.6) is 0 Å². The molecule has 2 saturated carbocycles. The van der Waals surface area contributed by atoms with E-state index in [9.17, 15) is 4.79 Å². The molecule has 0 bridgehead atoms. The zero-order valence-corrected chi connectivity index (χ0v) is 16.7. The molecule has 134 valence electrons. The van der Waals surface area contributed by atoms with Crippen LogP contribution in [0.25, 0.3) is 0 Å². The zero-order valence-electron chi connectivity index (χ0n) is 14.4. The average Bonchev–Trinajstić information content (AvgIpc) is 3.39. The van der Waals surface area contributed by atoms with Gasteiger partial charge in [0, 0.05) is 32.6 Å². The minimum Gasteiger partial charge on any atom is -0.356 e. The molecule has 23 heavy (non-hydrogen) atoms. The fourth-order valence-corrected chi connectivity index (χ4v) is 3.15. The molecule has 2 rings (SSSR count). The summed E-state index contributed by atoms with van der Waals surface area (Å²) in [5, 5.41) is 9.56. The van der Waals surface area contributed by atoms with Crippen LogP contribution in [0.1, 0.15) is 57.8 Å². The van der Waals surface area contributed by atoms with Crippen molar-refractivity contribution in [3.8, 4) is 0 Å². The molecule has 0 radical (unpaired) electrons. The van der Waals surface area contributed by atoms with E-state index in [2.05, 4.69) is 20.9 Å². The van der Waals surface area contributed by atoms with Gasteiger partial charge in [-0.3, -0.25) is 9.79 Å². The Balaban J connectivity index is 0.00000264. The van der Waals surface area contributed by atoms with Crippen LogP contribution in [0.2, 0.25) is 0 Å². The van der Waals surface area contributed by atoms with E-state index in [0.717, 1.165) is 37.8 Å². The number of hydrogen-bond acceptors (Lipinski definition) is 2. The molecule has 6 heteroatoms. The number of nitrogens with zero attached hydrogens (tertiary/aromatic N) is 1. The number of hydrogen-bond donors (Lipinski definition) is 3. The predicted molar refractivity (Wildman–Crippen MR) is 106 cm³/mol. The highest BCUT2D eigenvalue weighted by Gasteiger charge is 2.28. The maximum absolute atomic E-state index is 11.5. The summed E-state index contributed by atoms with van der Waals surface area (Å²) in [7, 11) is 1.79. The van der Waals surface area contributed by atoms with Crippen molar-refractivity contribution in [1.82, 2.24) is 16.0 Å². The van der Waals surface area contributed by atoms with Crippen LogP contribution in [0, 0.1) is 11.8 Å². The fourth-order valence-electron chi connectivity index (χ4n) is 3.15. The summed E-state index contributed by atoms with van der Waals surface area (Å²) in [5.41, 5.74) is 0. The fraction of sp³-hybridized carbons (Fsp3) is 0.882. The van der Waals surface area contributed by atoms with Crippen LogP contribution in [-0.2, 0) is 4.79 Å². The molecule has 0 atom stereocenters. The van der Waals surface area contributed by atoms with Crippen LogP contribution in [0.15, 0.2) is 4.99 Å². The summed E-state index contributed by atoms with van der Waals surface area (Å²) in [6, 6.07) is 0. The van der Waals surface area contributed by atoms with E-state index in [1.807, 2.05) is 0 Å². The monoisotopic (exact) mass is 436 g/mol. The molecule has 0 aromatic rings. The molecule has 0 aromatic heterocycles. The van der Waals surface area contributed by atoms with Gasteiger partial charge in [-0.1, -0.05) is 32.1 Å². The first kappa shape index (κ1) is 20.5. The summed E-state index contributed by atoms with van der Waals surface area (Å²) in [6.45, 7) is 2.36. The summed E-state index contributed by atoms with van der Waals surface area (Å²) in [4.78, 5) is 15.7. The summed E-state index contributed by atoms with van der Waals surface area (Å²) in [5.74, 6) is 2.28. The number of carbonyl (C=O) groups is 1. The van der Waals surface area contributed by atoms with Gasteiger partial charge in [-0.2, -0.15) is 0 Å². The third-order valence-electron chi connectivity index (χ3n) is 4.69. The number of aliphatic imine (C=N–C) groups is 1. The van der Waals surface area contributed by atoms with Gasteiger partial charge in [0.05, 0.1) is 0 Å². The summed E-state index contributed by atoms with van der Waals surface area (Å²) < 4.78 is 0. The van der Waals surface area contributed by atoms with Crippen molar-refractivity contribution in [1.29, 1.82) is 0 Å². The van der Waals surface area contributed by atoms with Gasteiger partial charge in [0.1, 0.15) is 0 Å². The van der Waals surface area contributed by atoms with Crippen molar-refractivity contribution in [3.05, 3.63) is 0 Å². The Bertz CT molecular complexity index is 366. The normalized spacial score (nSPS) is 18.9. The zero-order chi connectivity index (χ0) is 15.6. The maximum Gasteiger partial charge on any atom is 0.223 e. The highest BCUT2D eigenvalue weighted by molar-refractivity contribution is 14.0. The van der Waals surface area contributed by atoms with Gasteiger partial charge in [0.2, 0.25) is 5.91 Å². The van der Waals surface area contributed by atoms with E-state index in [4.69, 9.17) is 0 Å². The third-order valence-corrected chi connectivity index (χ3v) is 4.69. The van der Waals surface area contributed by atoms with Gasteiger partial charge in [-0.05, 0) is 31.6 Å². The molecule has 0 aliphatic heterocycles. The minimum atomic E-state index is 0. The largest absolute Gasteiger partial charge is 0.356 e. The molecular weight excluding hydrogens is 403 g/mol. The van der Waals surface area contributed by atoms with Gasteiger partial charge >= 0.3 is 0 Å². The van der Waals surface area contributed by atoms with E-state index in [1.165, 1.54) is 44.9 Å². The Hall–Kier alpha value is -0.530. The predicted octanol–water partition coefficient (Wildman–Crippen LogP) is 2.66. The van der Waals surface area contributed by atoms with Gasteiger partial charge in [-0.25, -0.2) is 0 Å². The number of nitrogens with one attached hydrogen (secondary N) is 3. The first-order valence-corrected chi connectivity index (χ1v) is 9.02. The lowest BCUT2D eigenvalue weighted by Gasteiger charge is -2.21. The Morgan fingerprint density at radius 1 is 0.957 bits per heavy atom. The Labute approximate surface area is 157 Å². The van der Waals surface area contributed by atoms with Crippen molar-refractivity contribution in [2.45, 2.75) is 57.8 Å². The molecule has 0 saturated heterocycles. The summed E-state index contributed by atoms with van der Waals surface area (Å²) >= 11 is 0. The second-order valence-electron chi connectivity index (χ2n) is 6.64. The van der Waals surface area contributed by atoms with Gasteiger partial charge in [0.25, 0.3) is 0 Å². The van der Waals surface area contributed by atoms with Gasteiger partial charge < -0.3 is 16.0 Å². The Kier molecular flexibility index (Phi) is 10.6. The van der Waals surface area contributed by atoms with Crippen LogP contribution < -0.4 is 16.0 Å². The molecule has 0 unspecified atom stereocenters. The number of halogens is 1. The number of rotatable bonds is 8. The molecule has 1 amide bonds. The lowest BCUT2D eigenvalue weighted by atomic mass is 9.86. The molecular formula is C17H33IN4O. The second-order valence-corrected chi connectivity index (χ2v) is 6.64. The highest BCUT2D eigenvalue weighted by Crippen LogP contribution is 2.28. The van der Waals surface area contributed by atoms with E-state index in [0.29, 0.717) is 6.54 Å². The molecule has 5 nitrogen and oxygen atoms in total. The molecule has 0 aromatic carbocycles. The van der Waals surface area contributed by atoms with Crippen molar-refractivity contribution in [2.75, 3.05) is 26.7 Å². The summed E-state index contributed by atoms with van der Waals surface area (Å²) in [6.07, 6.45) is 11.8. The number of amides is 1. The van der Waals surface area contributed by atoms with Crippen molar-refractivity contribution < 1.29 is 4.79 Å². The smallest absolute Gasteiger partial charge is 0.223 e. The quantitative estimate of drug-likeness (QED) is 0.237. The second kappa shape index (κ2) is 11.9. The minimum absolute atomic E-state index is 0. The van der Waals surface area contributed by atoms with Crippen LogP contribution in [-0.4, -0.2) is 38.5 Å². The van der Waals surface area contributed by atoms with Gasteiger partial charge in [-0.15, -0.1) is 24.0 Å². The highest BCUT2D eigenvalue weighted by atomic mass is 127. The van der Waals surface area contributed by atoms with Crippen LogP contribution in [0.4, 0.5) is 0 Å². The molecule has 0 heterocycles. The molecule has 2 aliphatic rings. The van der Waals surface area contributed by atoms with E-state index < -0.39 is 0 Å². The first-order chi connectivity index (χ1) is 10.8. The number of guanidine groups is 1. The average molecular weight is 436 g/mol. The van der Waals surface area contributed by atoms with Crippen molar-refractivity contribution in [3.63, 3.8) is 0 Å². The van der Waals surface area contributed by atoms with Crippen molar-refractivity contribution >= 4 is 35.8 Å². The maximum atomic E-state index is 11.5. The third kappa shape index (κ3) is 8.77. The molecule has 3 N–H and O–H groups in total. The Morgan fingerprint density at radius 2 is 1.61 bits per heavy atom. The van der Waals surface area contributed by atoms with Crippen LogP contribution >= 0.6 is 24.0 Å². The van der Waals surface area contributed by atoms with E-state index in [-0.39, 0.29) is 35.8 Å². The number of carbonyl (C=O) groups excluding carboxylic acids is 1. The van der Waals surface area contributed by atoms with Crippen molar-refractivity contribution in [2.24, 2.45) is 16.8 Å². The topological polar surface area (TPSA) is 65.5 Å². The molecule has 2 aliphatic carbocycles. The molecule has 2 fully saturated rings. The lowest BCUT2D eigenvalue weighted by Crippen LogP contribution is -2.42. The van der Waals surface area contributed by atoms with Crippen LogP contribution in [0.3, 0.4) is 0 Å². The SMILES string of the molecule is CN=C(NCCCC1CCCCC1)NCCNC(=O)C1CC1.I. The standard InChI is InChI=1S/C17H32N4O.HI/c1-18-17(21-13-12-19-16(22)15-9-10-15)20-11-5-8-14-6-3-2-4-7-14;/h14-15H,2-13H2,1H3,(H,19,22)(H2,18,20,21);1H. The molecule has 0 spiro atoms. The first-order valence-electron chi connectivity index (χ1n) is 9.02. The lowest BCUT2D eigenvalue weighted by molar-refractivity contribution is -0.122. The van der Waals surface area contributed by atoms with E-state index >= 15 is 0 Å². The van der Waals surface area contributed by atoms with Gasteiger partial charge in [0.15, 0.2) is 5.96 Å². The van der Waals surface area contributed by atoms with E-state index in [1.54, 1.807) is 7.05 Å².